The van der Waals surface area contributed by atoms with Crippen molar-refractivity contribution in [3.8, 4) is 16.9 Å². The lowest BCUT2D eigenvalue weighted by Gasteiger charge is -2.23. The predicted octanol–water partition coefficient (Wildman–Crippen LogP) is 5.64. The van der Waals surface area contributed by atoms with E-state index in [9.17, 15) is 9.59 Å². The molecule has 0 aliphatic carbocycles. The van der Waals surface area contributed by atoms with Crippen LogP contribution in [0.15, 0.2) is 103 Å². The number of fused-ring (bicyclic) bond motifs is 2. The van der Waals surface area contributed by atoms with Crippen LogP contribution in [0.1, 0.15) is 37.8 Å². The van der Waals surface area contributed by atoms with Crippen LogP contribution in [-0.2, 0) is 26.7 Å². The van der Waals surface area contributed by atoms with E-state index in [2.05, 4.69) is 5.32 Å². The number of aryl methyl sites for hydroxylation is 1. The molecular weight excluding hydrogens is 500 g/mol. The Bertz CT molecular complexity index is 1700. The lowest BCUT2D eigenvalue weighted by atomic mass is 10.0. The fourth-order valence-corrected chi connectivity index (χ4v) is 5.31. The van der Waals surface area contributed by atoms with Crippen molar-refractivity contribution in [2.24, 2.45) is 7.05 Å². The Morgan fingerprint density at radius 3 is 2.40 bits per heavy atom. The minimum Gasteiger partial charge on any atom is -0.496 e. The zero-order valence-corrected chi connectivity index (χ0v) is 22.5. The molecule has 200 valence electrons. The van der Waals surface area contributed by atoms with E-state index in [1.54, 1.807) is 12.0 Å². The van der Waals surface area contributed by atoms with Crippen molar-refractivity contribution in [3.05, 3.63) is 131 Å². The molecule has 5 aromatic rings. The molecule has 0 unspecified atom stereocenters. The molecule has 2 amide bonds. The number of methoxy groups -OCH3 is 1. The Balaban J connectivity index is 1.28. The molecule has 1 aliphatic rings. The Kier molecular flexibility index (Phi) is 6.70. The van der Waals surface area contributed by atoms with Gasteiger partial charge in [-0.15, -0.1) is 0 Å². The predicted molar refractivity (Wildman–Crippen MR) is 156 cm³/mol. The average molecular weight is 531 g/mol. The highest BCUT2D eigenvalue weighted by atomic mass is 16.5. The van der Waals surface area contributed by atoms with E-state index in [0.29, 0.717) is 30.9 Å². The van der Waals surface area contributed by atoms with Crippen LogP contribution in [0.3, 0.4) is 0 Å². The molecule has 1 N–H and O–H groups in total. The first-order chi connectivity index (χ1) is 19.5. The summed E-state index contributed by atoms with van der Waals surface area (Å²) in [6.07, 6.45) is 1.96. The average Bonchev–Trinajstić information content (AvgIpc) is 3.55. The summed E-state index contributed by atoms with van der Waals surface area (Å²) in [7, 11) is 3.61. The lowest BCUT2D eigenvalue weighted by molar-refractivity contribution is 0.0940. The van der Waals surface area contributed by atoms with Crippen molar-refractivity contribution in [1.29, 1.82) is 0 Å². The van der Waals surface area contributed by atoms with Gasteiger partial charge in [0.15, 0.2) is 0 Å². The number of nitrogens with zero attached hydrogens (tertiary/aromatic N) is 3. The maximum absolute atomic E-state index is 13.9. The summed E-state index contributed by atoms with van der Waals surface area (Å²) in [4.78, 5) is 28.9. The van der Waals surface area contributed by atoms with Crippen LogP contribution in [0.5, 0.6) is 5.75 Å². The quantitative estimate of drug-likeness (QED) is 0.309. The first-order valence-corrected chi connectivity index (χ1v) is 13.2. The molecule has 7 nitrogen and oxygen atoms in total. The minimum absolute atomic E-state index is 0.0941. The molecule has 1 aliphatic heterocycles. The molecular formula is C33H30N4O3. The number of anilines is 1. The number of amides is 2. The Hall–Kier alpha value is -5.04. The van der Waals surface area contributed by atoms with Gasteiger partial charge in [-0.2, -0.15) is 0 Å². The first-order valence-electron chi connectivity index (χ1n) is 13.2. The van der Waals surface area contributed by atoms with E-state index < -0.39 is 0 Å². The molecule has 0 atom stereocenters. The van der Waals surface area contributed by atoms with Crippen molar-refractivity contribution in [3.63, 3.8) is 0 Å². The van der Waals surface area contributed by atoms with Gasteiger partial charge in [0, 0.05) is 41.4 Å². The summed E-state index contributed by atoms with van der Waals surface area (Å²) in [6.45, 7) is 1.30. The van der Waals surface area contributed by atoms with Crippen LogP contribution < -0.4 is 15.0 Å². The molecule has 0 bridgehead atoms. The fraction of sp³-hybridized carbons (Fsp3) is 0.152. The number of rotatable bonds is 6. The van der Waals surface area contributed by atoms with Gasteiger partial charge < -0.3 is 24.1 Å². The second kappa shape index (κ2) is 10.6. The SMILES string of the molecule is COc1ccccc1-c1ccc(C(=O)N2Cc3ccc(C(=O)NCc4cccn4C)n3Cc3ccccc32)cc1. The van der Waals surface area contributed by atoms with Crippen LogP contribution in [0.2, 0.25) is 0 Å². The monoisotopic (exact) mass is 530 g/mol. The van der Waals surface area contributed by atoms with Gasteiger partial charge in [-0.25, -0.2) is 0 Å². The minimum atomic E-state index is -0.142. The molecule has 6 rings (SSSR count). The van der Waals surface area contributed by atoms with Gasteiger partial charge in [-0.1, -0.05) is 48.5 Å². The van der Waals surface area contributed by atoms with Crippen molar-refractivity contribution < 1.29 is 14.3 Å². The number of benzene rings is 3. The summed E-state index contributed by atoms with van der Waals surface area (Å²) in [6, 6.07) is 31.1. The summed E-state index contributed by atoms with van der Waals surface area (Å²) in [5.41, 5.74) is 6.87. The van der Waals surface area contributed by atoms with Gasteiger partial charge >= 0.3 is 0 Å². The largest absolute Gasteiger partial charge is 0.496 e. The van der Waals surface area contributed by atoms with E-state index in [-0.39, 0.29) is 11.8 Å². The topological polar surface area (TPSA) is 68.5 Å². The van der Waals surface area contributed by atoms with Crippen molar-refractivity contribution in [2.75, 3.05) is 12.0 Å². The summed E-state index contributed by atoms with van der Waals surface area (Å²) in [5.74, 6) is 0.548. The number of nitrogens with one attached hydrogen (secondary N) is 1. The number of para-hydroxylation sites is 2. The number of aromatic nitrogens is 2. The summed E-state index contributed by atoms with van der Waals surface area (Å²) in [5, 5.41) is 3.04. The Morgan fingerprint density at radius 2 is 1.62 bits per heavy atom. The van der Waals surface area contributed by atoms with Gasteiger partial charge in [0.25, 0.3) is 11.8 Å². The number of ether oxygens (including phenoxy) is 1. The standard InChI is InChI=1S/C33H30N4O3/c1-35-19-7-9-26(35)20-34-32(38)30-18-17-27-22-37(29-11-5-3-8-25(29)21-36(27)30)33(39)24-15-13-23(14-16-24)28-10-4-6-12-31(28)40-2/h3-19H,20-22H2,1-2H3,(H,34,38). The maximum atomic E-state index is 13.9. The van der Waals surface area contributed by atoms with Crippen molar-refractivity contribution in [2.45, 2.75) is 19.6 Å². The maximum Gasteiger partial charge on any atom is 0.268 e. The number of carbonyl (C=O) groups excluding carboxylic acids is 2. The molecule has 2 aromatic heterocycles. The molecule has 0 fully saturated rings. The highest BCUT2D eigenvalue weighted by Gasteiger charge is 2.27. The van der Waals surface area contributed by atoms with Crippen molar-refractivity contribution >= 4 is 17.5 Å². The van der Waals surface area contributed by atoms with E-state index in [1.165, 1.54) is 0 Å². The second-order valence-corrected chi connectivity index (χ2v) is 9.89. The highest BCUT2D eigenvalue weighted by Crippen LogP contribution is 2.32. The molecule has 0 radical (unpaired) electrons. The molecule has 3 heterocycles. The third-order valence-corrected chi connectivity index (χ3v) is 7.51. The van der Waals surface area contributed by atoms with Crippen molar-refractivity contribution in [1.82, 2.24) is 14.5 Å². The van der Waals surface area contributed by atoms with Gasteiger partial charge in [0.2, 0.25) is 0 Å². The molecule has 7 heteroatoms. The zero-order chi connectivity index (χ0) is 27.6. The van der Waals surface area contributed by atoms with Gasteiger partial charge in [0.05, 0.1) is 26.7 Å². The van der Waals surface area contributed by atoms with Crippen LogP contribution in [0, 0.1) is 0 Å². The normalized spacial score (nSPS) is 12.3. The summed E-state index contributed by atoms with van der Waals surface area (Å²) >= 11 is 0. The number of carbonyl (C=O) groups is 2. The second-order valence-electron chi connectivity index (χ2n) is 9.89. The lowest BCUT2D eigenvalue weighted by Crippen LogP contribution is -2.30. The molecule has 40 heavy (non-hydrogen) atoms. The first kappa shape index (κ1) is 25.2. The highest BCUT2D eigenvalue weighted by molar-refractivity contribution is 6.07. The van der Waals surface area contributed by atoms with Crippen LogP contribution >= 0.6 is 0 Å². The Labute approximate surface area is 233 Å². The third-order valence-electron chi connectivity index (χ3n) is 7.51. The van der Waals surface area contributed by atoms with E-state index >= 15 is 0 Å². The fourth-order valence-electron chi connectivity index (χ4n) is 5.31. The third kappa shape index (κ3) is 4.66. The van der Waals surface area contributed by atoms with Gasteiger partial charge in [0.1, 0.15) is 11.4 Å². The number of hydrogen-bond donors (Lipinski definition) is 1. The van der Waals surface area contributed by atoms with E-state index in [0.717, 1.165) is 39.5 Å². The smallest absolute Gasteiger partial charge is 0.268 e. The molecule has 0 saturated heterocycles. The molecule has 3 aromatic carbocycles. The zero-order valence-electron chi connectivity index (χ0n) is 22.5. The number of hydrogen-bond acceptors (Lipinski definition) is 3. The molecule has 0 spiro atoms. The Morgan fingerprint density at radius 1 is 0.850 bits per heavy atom. The summed E-state index contributed by atoms with van der Waals surface area (Å²) < 4.78 is 9.51. The molecule has 0 saturated carbocycles. The van der Waals surface area contributed by atoms with Gasteiger partial charge in [-0.05, 0) is 59.7 Å². The van der Waals surface area contributed by atoms with Gasteiger partial charge in [-0.3, -0.25) is 9.59 Å². The van der Waals surface area contributed by atoms with E-state index in [4.69, 9.17) is 4.74 Å². The van der Waals surface area contributed by atoms with Crippen LogP contribution in [-0.4, -0.2) is 28.1 Å². The van der Waals surface area contributed by atoms with Crippen LogP contribution in [0.4, 0.5) is 5.69 Å². The van der Waals surface area contributed by atoms with E-state index in [1.807, 2.05) is 119 Å². The van der Waals surface area contributed by atoms with Crippen LogP contribution in [0.25, 0.3) is 11.1 Å².